The van der Waals surface area contributed by atoms with E-state index in [2.05, 4.69) is 81.1 Å². The van der Waals surface area contributed by atoms with Crippen molar-refractivity contribution in [3.05, 3.63) is 88.3 Å². The molecule has 1 amide bonds. The summed E-state index contributed by atoms with van der Waals surface area (Å²) in [6.07, 6.45) is 13.8. The molecule has 0 saturated carbocycles. The van der Waals surface area contributed by atoms with Crippen molar-refractivity contribution in [1.29, 1.82) is 5.26 Å². The molecule has 9 heteroatoms. The third-order valence-electron chi connectivity index (χ3n) is 13.0. The number of rotatable bonds is 11. The maximum Gasteiger partial charge on any atom is 0.274 e. The molecule has 0 spiro atoms. The number of aryl methyl sites for hydroxylation is 2. The summed E-state index contributed by atoms with van der Waals surface area (Å²) >= 11 is 5.71. The molecule has 3 saturated heterocycles. The fourth-order valence-electron chi connectivity index (χ4n) is 8.58. The molecule has 3 aliphatic rings. The number of halogens is 1. The number of benzene rings is 2. The minimum atomic E-state index is 0.0319. The first-order chi connectivity index (χ1) is 27.3. The van der Waals surface area contributed by atoms with Crippen molar-refractivity contribution in [2.45, 2.75) is 107 Å². The minimum absolute atomic E-state index is 0.0319. The normalized spacial score (nSPS) is 17.8. The molecular formula is C48H67ClN6O2. The van der Waals surface area contributed by atoms with E-state index in [4.69, 9.17) is 26.6 Å². The number of carbonyl (C=O) groups excluding carboxylic acids is 2. The van der Waals surface area contributed by atoms with Gasteiger partial charge in [0.05, 0.1) is 23.0 Å². The first-order valence-electron chi connectivity index (χ1n) is 21.3. The number of aromatic nitrogens is 2. The van der Waals surface area contributed by atoms with Crippen molar-refractivity contribution < 1.29 is 9.59 Å². The molecule has 3 aliphatic heterocycles. The molecule has 0 aliphatic carbocycles. The molecule has 0 N–H and O–H groups in total. The van der Waals surface area contributed by atoms with E-state index in [-0.39, 0.29) is 5.91 Å². The van der Waals surface area contributed by atoms with Crippen LogP contribution in [0.3, 0.4) is 0 Å². The van der Waals surface area contributed by atoms with Crippen molar-refractivity contribution in [3.63, 3.8) is 0 Å². The molecule has 6 rings (SSSR count). The first kappa shape index (κ1) is 45.5. The lowest BCUT2D eigenvalue weighted by molar-refractivity contribution is -0.106. The Morgan fingerprint density at radius 1 is 0.965 bits per heavy atom. The Bertz CT molecular complexity index is 1820. The van der Waals surface area contributed by atoms with E-state index in [9.17, 15) is 4.79 Å². The number of piperidine rings is 2. The summed E-state index contributed by atoms with van der Waals surface area (Å²) in [6, 6.07) is 14.2. The Kier molecular flexibility index (Phi) is 17.2. The fraction of sp³-hybridized carbons (Fsp3) is 0.562. The van der Waals surface area contributed by atoms with Crippen LogP contribution in [0.1, 0.15) is 126 Å². The largest absolute Gasteiger partial charge is 0.371 e. The summed E-state index contributed by atoms with van der Waals surface area (Å²) in [4.78, 5) is 38.3. The molecular weight excluding hydrogens is 728 g/mol. The highest BCUT2D eigenvalue weighted by Gasteiger charge is 2.37. The number of nitriles is 1. The smallest absolute Gasteiger partial charge is 0.274 e. The number of amides is 1. The zero-order chi connectivity index (χ0) is 41.7. The molecule has 2 atom stereocenters. The average Bonchev–Trinajstić information content (AvgIpc) is 3.20. The zero-order valence-electron chi connectivity index (χ0n) is 36.0. The van der Waals surface area contributed by atoms with Gasteiger partial charge >= 0.3 is 0 Å². The van der Waals surface area contributed by atoms with Gasteiger partial charge in [-0.05, 0) is 135 Å². The Morgan fingerprint density at radius 3 is 2.16 bits per heavy atom. The monoisotopic (exact) mass is 795 g/mol. The number of hydrogen-bond donors (Lipinski definition) is 0. The number of nitrogens with zero attached hydrogens (tertiary/aromatic N) is 6. The number of aldehydes is 1. The minimum Gasteiger partial charge on any atom is -0.371 e. The van der Waals surface area contributed by atoms with Crippen LogP contribution in [0.5, 0.6) is 0 Å². The fourth-order valence-corrected chi connectivity index (χ4v) is 8.85. The van der Waals surface area contributed by atoms with Crippen LogP contribution in [0, 0.1) is 54.3 Å². The number of likely N-dealkylation sites (tertiary alicyclic amines) is 1. The second kappa shape index (κ2) is 21.5. The average molecular weight is 796 g/mol. The van der Waals surface area contributed by atoms with E-state index in [0.29, 0.717) is 39.4 Å². The van der Waals surface area contributed by atoms with Crippen LogP contribution in [-0.2, 0) is 4.79 Å². The summed E-state index contributed by atoms with van der Waals surface area (Å²) in [5, 5.41) is 9.00. The molecule has 308 valence electrons. The van der Waals surface area contributed by atoms with Gasteiger partial charge in [-0.15, -0.1) is 0 Å². The van der Waals surface area contributed by atoms with Gasteiger partial charge in [-0.1, -0.05) is 77.8 Å². The Balaban J connectivity index is 0.000000473. The molecule has 1 aromatic heterocycles. The lowest BCUT2D eigenvalue weighted by Crippen LogP contribution is -2.52. The predicted octanol–water partition coefficient (Wildman–Crippen LogP) is 11.0. The summed E-state index contributed by atoms with van der Waals surface area (Å²) in [5.74, 6) is 3.63. The van der Waals surface area contributed by atoms with Crippen LogP contribution < -0.4 is 9.80 Å². The van der Waals surface area contributed by atoms with E-state index < -0.39 is 0 Å². The van der Waals surface area contributed by atoms with Crippen LogP contribution in [0.4, 0.5) is 11.5 Å². The maximum atomic E-state index is 13.3. The quantitative estimate of drug-likeness (QED) is 0.178. The van der Waals surface area contributed by atoms with Crippen LogP contribution in [0.2, 0.25) is 5.02 Å². The van der Waals surface area contributed by atoms with Gasteiger partial charge in [0, 0.05) is 45.0 Å². The lowest BCUT2D eigenvalue weighted by Gasteiger charge is -2.47. The van der Waals surface area contributed by atoms with Gasteiger partial charge < -0.3 is 19.5 Å². The van der Waals surface area contributed by atoms with E-state index in [0.717, 1.165) is 82.1 Å². The van der Waals surface area contributed by atoms with Crippen molar-refractivity contribution in [3.8, 4) is 6.07 Å². The van der Waals surface area contributed by atoms with Gasteiger partial charge in [0.25, 0.3) is 5.91 Å². The topological polar surface area (TPSA) is 93.4 Å². The second-order valence-corrected chi connectivity index (χ2v) is 17.2. The molecule has 3 fully saturated rings. The molecule has 8 nitrogen and oxygen atoms in total. The van der Waals surface area contributed by atoms with Gasteiger partial charge in [-0.2, -0.15) is 5.26 Å². The number of allylic oxidation sites excluding steroid dienone is 1. The van der Waals surface area contributed by atoms with Crippen molar-refractivity contribution in [1.82, 2.24) is 14.9 Å². The summed E-state index contributed by atoms with van der Waals surface area (Å²) in [6.45, 7) is 27.4. The van der Waals surface area contributed by atoms with E-state index >= 15 is 0 Å². The highest BCUT2D eigenvalue weighted by atomic mass is 35.5. The van der Waals surface area contributed by atoms with Crippen LogP contribution >= 0.6 is 11.6 Å². The van der Waals surface area contributed by atoms with Crippen molar-refractivity contribution >= 4 is 40.9 Å². The summed E-state index contributed by atoms with van der Waals surface area (Å²) < 4.78 is 0. The molecule has 3 aromatic rings. The lowest BCUT2D eigenvalue weighted by atomic mass is 9.70. The molecule has 4 heterocycles. The van der Waals surface area contributed by atoms with Crippen LogP contribution in [0.25, 0.3) is 5.57 Å². The molecule has 57 heavy (non-hydrogen) atoms. The van der Waals surface area contributed by atoms with Crippen LogP contribution in [-0.4, -0.2) is 66.3 Å². The van der Waals surface area contributed by atoms with Crippen LogP contribution in [0.15, 0.2) is 55.4 Å². The van der Waals surface area contributed by atoms with Gasteiger partial charge in [-0.3, -0.25) is 4.79 Å². The van der Waals surface area contributed by atoms with Gasteiger partial charge in [-0.25, -0.2) is 9.97 Å². The van der Waals surface area contributed by atoms with Crippen molar-refractivity contribution in [2.75, 3.05) is 49.1 Å². The second-order valence-electron chi connectivity index (χ2n) is 16.8. The standard InChI is InChI=1S/C38H57N5O.C8H6ClN.C2H4O/c1-8-27(4)22-38(10-3)15-19-41(20-16-38)36-24-39-35(23-40-36)37(44)42-17-13-31(14-18-42)32-25-43(26-32)33-11-12-34(29(6)21-33)30(7)28(5)9-2;1-6-2-3-7(5-10)8(9)4-6;1-2-3/h11-12,21,23-24,27-28,31-32H,7-10,13-20,22,25-26H2,1-6H3;2-4H,1H3;2H,1H3. The third-order valence-corrected chi connectivity index (χ3v) is 13.3. The van der Waals surface area contributed by atoms with E-state index in [1.165, 1.54) is 61.4 Å². The van der Waals surface area contributed by atoms with E-state index in [1.807, 2.05) is 30.2 Å². The number of anilines is 2. The Hall–Kier alpha value is -4.22. The molecule has 0 bridgehead atoms. The van der Waals surface area contributed by atoms with Gasteiger partial charge in [0.1, 0.15) is 23.9 Å². The van der Waals surface area contributed by atoms with Crippen molar-refractivity contribution in [2.24, 2.45) is 29.1 Å². The Labute approximate surface area is 348 Å². The zero-order valence-corrected chi connectivity index (χ0v) is 36.7. The van der Waals surface area contributed by atoms with Gasteiger partial charge in [0.2, 0.25) is 0 Å². The highest BCUT2D eigenvalue weighted by Crippen LogP contribution is 2.42. The number of hydrogen-bond acceptors (Lipinski definition) is 7. The van der Waals surface area contributed by atoms with Gasteiger partial charge in [0.15, 0.2) is 0 Å². The predicted molar refractivity (Wildman–Crippen MR) is 237 cm³/mol. The highest BCUT2D eigenvalue weighted by molar-refractivity contribution is 6.31. The van der Waals surface area contributed by atoms with E-state index in [1.54, 1.807) is 18.3 Å². The maximum absolute atomic E-state index is 13.3. The third kappa shape index (κ3) is 11.9. The SMILES string of the molecule is C=C(c1ccc(N2CC(C3CCN(C(=O)c4cnc(N5CCC(CC)(CC(C)CC)CC5)cn4)CC3)C2)cc1C)C(C)CC.CC=O.Cc1ccc(C#N)c(Cl)c1. The molecule has 2 unspecified atom stereocenters. The Morgan fingerprint density at radius 2 is 1.63 bits per heavy atom. The summed E-state index contributed by atoms with van der Waals surface area (Å²) in [5.41, 5.74) is 7.76. The number of carbonyl (C=O) groups is 2. The molecule has 0 radical (unpaired) electrons. The summed E-state index contributed by atoms with van der Waals surface area (Å²) in [7, 11) is 0. The first-order valence-corrected chi connectivity index (χ1v) is 21.7. The molecule has 2 aromatic carbocycles.